The lowest BCUT2D eigenvalue weighted by Crippen LogP contribution is -1.90. The summed E-state index contributed by atoms with van der Waals surface area (Å²) in [5.41, 5.74) is 5.11. The van der Waals surface area contributed by atoms with Crippen molar-refractivity contribution in [3.8, 4) is 0 Å². The summed E-state index contributed by atoms with van der Waals surface area (Å²) in [5.74, 6) is 0. The second kappa shape index (κ2) is 3.49. The predicted molar refractivity (Wildman–Crippen MR) is 59.7 cm³/mol. The first-order valence-electron chi connectivity index (χ1n) is 5.20. The van der Waals surface area contributed by atoms with Crippen LogP contribution in [0.25, 0.3) is 11.0 Å². The first-order valence-corrected chi connectivity index (χ1v) is 5.20. The molecule has 2 aromatic rings. The fraction of sp³-hybridized carbons (Fsp3) is 0.385. The van der Waals surface area contributed by atoms with E-state index in [-0.39, 0.29) is 0 Å². The van der Waals surface area contributed by atoms with Gasteiger partial charge in [-0.3, -0.25) is 0 Å². The molecule has 14 heavy (non-hydrogen) atoms. The zero-order chi connectivity index (χ0) is 10.1. The van der Waals surface area contributed by atoms with Gasteiger partial charge in [-0.15, -0.1) is 0 Å². The molecule has 1 heteroatoms. The van der Waals surface area contributed by atoms with Gasteiger partial charge < -0.3 is 4.42 Å². The van der Waals surface area contributed by atoms with Crippen LogP contribution in [0.5, 0.6) is 0 Å². The summed E-state index contributed by atoms with van der Waals surface area (Å²) in [6.45, 7) is 6.51. The van der Waals surface area contributed by atoms with E-state index in [0.717, 1.165) is 12.0 Å². The Hall–Kier alpha value is -1.24. The van der Waals surface area contributed by atoms with Gasteiger partial charge in [0.2, 0.25) is 0 Å². The van der Waals surface area contributed by atoms with Crippen molar-refractivity contribution in [3.63, 3.8) is 0 Å². The van der Waals surface area contributed by atoms with Crippen LogP contribution in [-0.4, -0.2) is 0 Å². The maximum atomic E-state index is 5.52. The Bertz CT molecular complexity index is 451. The van der Waals surface area contributed by atoms with Gasteiger partial charge >= 0.3 is 0 Å². The van der Waals surface area contributed by atoms with Crippen molar-refractivity contribution >= 4 is 11.0 Å². The number of fused-ring (bicyclic) bond motifs is 1. The van der Waals surface area contributed by atoms with Crippen molar-refractivity contribution in [2.24, 2.45) is 0 Å². The van der Waals surface area contributed by atoms with Crippen LogP contribution in [-0.2, 0) is 6.42 Å². The standard InChI is InChI=1S/C13H16O/c1-4-5-11-8-9(2)12-6-7-14-13(12)10(11)3/h6-8H,4-5H2,1-3H3. The molecule has 1 aromatic carbocycles. The predicted octanol–water partition coefficient (Wildman–Crippen LogP) is 4.00. The minimum absolute atomic E-state index is 1.06. The van der Waals surface area contributed by atoms with Gasteiger partial charge in [-0.25, -0.2) is 0 Å². The van der Waals surface area contributed by atoms with Gasteiger partial charge in [-0.2, -0.15) is 0 Å². The van der Waals surface area contributed by atoms with Gasteiger partial charge in [-0.05, 0) is 43.0 Å². The van der Waals surface area contributed by atoms with Crippen LogP contribution in [0.15, 0.2) is 22.8 Å². The highest BCUT2D eigenvalue weighted by atomic mass is 16.3. The third-order valence-corrected chi connectivity index (χ3v) is 2.82. The number of hydrogen-bond acceptors (Lipinski definition) is 1. The van der Waals surface area contributed by atoms with E-state index in [1.165, 1.54) is 28.5 Å². The average Bonchev–Trinajstić information content (AvgIpc) is 2.63. The van der Waals surface area contributed by atoms with E-state index in [4.69, 9.17) is 4.42 Å². The van der Waals surface area contributed by atoms with Crippen molar-refractivity contribution in [3.05, 3.63) is 35.1 Å². The normalized spacial score (nSPS) is 11.1. The number of aryl methyl sites for hydroxylation is 3. The van der Waals surface area contributed by atoms with Crippen LogP contribution in [0.1, 0.15) is 30.0 Å². The Kier molecular flexibility index (Phi) is 2.32. The molecule has 0 N–H and O–H groups in total. The minimum atomic E-state index is 1.06. The molecule has 0 radical (unpaired) electrons. The largest absolute Gasteiger partial charge is 0.464 e. The molecule has 2 rings (SSSR count). The zero-order valence-corrected chi connectivity index (χ0v) is 9.05. The first kappa shape index (κ1) is 9.32. The van der Waals surface area contributed by atoms with Gasteiger partial charge in [0.15, 0.2) is 0 Å². The molecule has 1 nitrogen and oxygen atoms in total. The van der Waals surface area contributed by atoms with E-state index in [1.807, 2.05) is 6.07 Å². The molecule has 0 atom stereocenters. The van der Waals surface area contributed by atoms with Crippen molar-refractivity contribution in [2.45, 2.75) is 33.6 Å². The Labute approximate surface area is 84.7 Å². The highest BCUT2D eigenvalue weighted by Gasteiger charge is 2.08. The highest BCUT2D eigenvalue weighted by Crippen LogP contribution is 2.27. The van der Waals surface area contributed by atoms with Gasteiger partial charge in [0.1, 0.15) is 5.58 Å². The summed E-state index contributed by atoms with van der Waals surface area (Å²) >= 11 is 0. The van der Waals surface area contributed by atoms with Crippen LogP contribution in [0.2, 0.25) is 0 Å². The molecule has 0 saturated carbocycles. The molecule has 0 bridgehead atoms. The number of furan rings is 1. The fourth-order valence-electron chi connectivity index (χ4n) is 2.03. The Morgan fingerprint density at radius 2 is 2.07 bits per heavy atom. The molecule has 0 unspecified atom stereocenters. The van der Waals surface area contributed by atoms with Gasteiger partial charge in [0.05, 0.1) is 6.26 Å². The van der Waals surface area contributed by atoms with E-state index >= 15 is 0 Å². The number of rotatable bonds is 2. The number of benzene rings is 1. The summed E-state index contributed by atoms with van der Waals surface area (Å²) in [5, 5.41) is 1.25. The van der Waals surface area contributed by atoms with Crippen LogP contribution in [0.4, 0.5) is 0 Å². The smallest absolute Gasteiger partial charge is 0.137 e. The summed E-state index contributed by atoms with van der Waals surface area (Å²) in [6, 6.07) is 4.34. The molecule has 0 aliphatic carbocycles. The van der Waals surface area contributed by atoms with Crippen LogP contribution >= 0.6 is 0 Å². The van der Waals surface area contributed by atoms with E-state index < -0.39 is 0 Å². The third kappa shape index (κ3) is 1.33. The van der Waals surface area contributed by atoms with E-state index in [0.29, 0.717) is 0 Å². The quantitative estimate of drug-likeness (QED) is 0.694. The van der Waals surface area contributed by atoms with Crippen LogP contribution < -0.4 is 0 Å². The van der Waals surface area contributed by atoms with Gasteiger partial charge in [0, 0.05) is 5.39 Å². The molecular weight excluding hydrogens is 172 g/mol. The molecule has 1 heterocycles. The Morgan fingerprint density at radius 1 is 1.29 bits per heavy atom. The van der Waals surface area contributed by atoms with Crippen molar-refractivity contribution in [1.82, 2.24) is 0 Å². The molecule has 0 spiro atoms. The third-order valence-electron chi connectivity index (χ3n) is 2.82. The second-order valence-electron chi connectivity index (χ2n) is 3.89. The van der Waals surface area contributed by atoms with Gasteiger partial charge in [-0.1, -0.05) is 19.4 Å². The molecule has 74 valence electrons. The zero-order valence-electron chi connectivity index (χ0n) is 9.05. The maximum absolute atomic E-state index is 5.52. The molecule has 0 saturated heterocycles. The monoisotopic (exact) mass is 188 g/mol. The van der Waals surface area contributed by atoms with E-state index in [9.17, 15) is 0 Å². The summed E-state index contributed by atoms with van der Waals surface area (Å²) in [7, 11) is 0. The van der Waals surface area contributed by atoms with E-state index in [1.54, 1.807) is 6.26 Å². The fourth-order valence-corrected chi connectivity index (χ4v) is 2.03. The lowest BCUT2D eigenvalue weighted by atomic mass is 9.98. The molecular formula is C13H16O. The second-order valence-corrected chi connectivity index (χ2v) is 3.89. The van der Waals surface area contributed by atoms with Crippen molar-refractivity contribution < 1.29 is 4.42 Å². The van der Waals surface area contributed by atoms with Crippen LogP contribution in [0.3, 0.4) is 0 Å². The summed E-state index contributed by atoms with van der Waals surface area (Å²) < 4.78 is 5.52. The summed E-state index contributed by atoms with van der Waals surface area (Å²) in [6.07, 6.45) is 4.11. The SMILES string of the molecule is CCCc1cc(C)c2ccoc2c1C. The molecule has 0 fully saturated rings. The average molecular weight is 188 g/mol. The lowest BCUT2D eigenvalue weighted by molar-refractivity contribution is 0.612. The molecule has 0 aliphatic heterocycles. The van der Waals surface area contributed by atoms with Crippen LogP contribution in [0, 0.1) is 13.8 Å². The molecule has 1 aromatic heterocycles. The van der Waals surface area contributed by atoms with Crippen molar-refractivity contribution in [1.29, 1.82) is 0 Å². The number of hydrogen-bond donors (Lipinski definition) is 0. The van der Waals surface area contributed by atoms with Gasteiger partial charge in [0.25, 0.3) is 0 Å². The minimum Gasteiger partial charge on any atom is -0.464 e. The molecule has 0 amide bonds. The Morgan fingerprint density at radius 3 is 2.79 bits per heavy atom. The Balaban J connectivity index is 2.68. The highest BCUT2D eigenvalue weighted by molar-refractivity contribution is 5.84. The first-order chi connectivity index (χ1) is 6.74. The van der Waals surface area contributed by atoms with Crippen molar-refractivity contribution in [2.75, 3.05) is 0 Å². The summed E-state index contributed by atoms with van der Waals surface area (Å²) in [4.78, 5) is 0. The lowest BCUT2D eigenvalue weighted by Gasteiger charge is -2.07. The topological polar surface area (TPSA) is 13.1 Å². The maximum Gasteiger partial charge on any atom is 0.137 e. The van der Waals surface area contributed by atoms with E-state index in [2.05, 4.69) is 26.8 Å². The molecule has 0 aliphatic rings.